The third-order valence-electron chi connectivity index (χ3n) is 3.09. The molecule has 0 saturated carbocycles. The van der Waals surface area contributed by atoms with Crippen molar-refractivity contribution >= 4 is 28.9 Å². The van der Waals surface area contributed by atoms with E-state index in [1.54, 1.807) is 0 Å². The highest BCUT2D eigenvalue weighted by Gasteiger charge is 2.07. The van der Waals surface area contributed by atoms with Crippen molar-refractivity contribution in [1.29, 1.82) is 0 Å². The zero-order valence-corrected chi connectivity index (χ0v) is 13.0. The fraction of sp³-hybridized carbons (Fsp3) is 0.600. The van der Waals surface area contributed by atoms with Crippen molar-refractivity contribution in [1.82, 2.24) is 0 Å². The number of benzene rings is 1. The lowest BCUT2D eigenvalue weighted by Gasteiger charge is -2.10. The maximum atomic E-state index is 13.0. The Labute approximate surface area is 125 Å². The van der Waals surface area contributed by atoms with Gasteiger partial charge in [0.15, 0.2) is 0 Å². The van der Waals surface area contributed by atoms with Gasteiger partial charge in [-0.2, -0.15) is 0 Å². The summed E-state index contributed by atoms with van der Waals surface area (Å²) in [5.41, 5.74) is 0.635. The molecular weight excluding hydrogens is 284 g/mol. The van der Waals surface area contributed by atoms with Crippen LogP contribution in [0.25, 0.3) is 0 Å². The number of anilines is 1. The van der Waals surface area contributed by atoms with Gasteiger partial charge in [-0.25, -0.2) is 4.39 Å². The molecule has 1 N–H and O–H groups in total. The molecule has 4 heteroatoms. The highest BCUT2D eigenvalue weighted by molar-refractivity contribution is 6.39. The van der Waals surface area contributed by atoms with Gasteiger partial charge in [-0.05, 0) is 18.6 Å². The van der Waals surface area contributed by atoms with Gasteiger partial charge in [0, 0.05) is 6.54 Å². The van der Waals surface area contributed by atoms with Crippen LogP contribution in [-0.2, 0) is 0 Å². The maximum Gasteiger partial charge on any atom is 0.126 e. The lowest BCUT2D eigenvalue weighted by molar-refractivity contribution is 0.596. The van der Waals surface area contributed by atoms with Crippen molar-refractivity contribution < 1.29 is 4.39 Å². The van der Waals surface area contributed by atoms with Crippen LogP contribution >= 0.6 is 23.2 Å². The molecule has 0 heterocycles. The zero-order valence-electron chi connectivity index (χ0n) is 11.4. The zero-order chi connectivity index (χ0) is 14.1. The van der Waals surface area contributed by atoms with Crippen molar-refractivity contribution in [3.05, 3.63) is 28.0 Å². The van der Waals surface area contributed by atoms with Crippen LogP contribution in [0.4, 0.5) is 10.1 Å². The molecule has 1 nitrogen and oxygen atoms in total. The molecule has 19 heavy (non-hydrogen) atoms. The topological polar surface area (TPSA) is 12.0 Å². The van der Waals surface area contributed by atoms with E-state index in [2.05, 4.69) is 12.2 Å². The van der Waals surface area contributed by atoms with Crippen molar-refractivity contribution in [2.24, 2.45) is 0 Å². The minimum Gasteiger partial charge on any atom is -0.383 e. The quantitative estimate of drug-likeness (QED) is 0.528. The predicted octanol–water partition coefficient (Wildman–Crippen LogP) is 6.30. The summed E-state index contributed by atoms with van der Waals surface area (Å²) in [6, 6.07) is 2.56. The molecule has 0 unspecified atom stereocenters. The second-order valence-electron chi connectivity index (χ2n) is 4.79. The molecule has 0 aromatic heterocycles. The minimum absolute atomic E-state index is 0.341. The third-order valence-corrected chi connectivity index (χ3v) is 3.69. The van der Waals surface area contributed by atoms with E-state index in [-0.39, 0.29) is 0 Å². The van der Waals surface area contributed by atoms with Gasteiger partial charge in [0.1, 0.15) is 5.82 Å². The van der Waals surface area contributed by atoms with Crippen molar-refractivity contribution in [3.8, 4) is 0 Å². The Hall–Kier alpha value is -0.470. The molecule has 0 aliphatic heterocycles. The Bertz CT molecular complexity index is 359. The van der Waals surface area contributed by atoms with Crippen LogP contribution < -0.4 is 5.32 Å². The number of halogens is 3. The third kappa shape index (κ3) is 6.49. The van der Waals surface area contributed by atoms with E-state index in [0.29, 0.717) is 15.7 Å². The van der Waals surface area contributed by atoms with E-state index < -0.39 is 5.82 Å². The smallest absolute Gasteiger partial charge is 0.126 e. The lowest BCUT2D eigenvalue weighted by atomic mass is 10.1. The molecule has 0 amide bonds. The summed E-state index contributed by atoms with van der Waals surface area (Å²) in [7, 11) is 0. The van der Waals surface area contributed by atoms with Crippen LogP contribution in [0.2, 0.25) is 10.0 Å². The van der Waals surface area contributed by atoms with Gasteiger partial charge in [0.05, 0.1) is 15.7 Å². The second kappa shape index (κ2) is 9.44. The Kier molecular flexibility index (Phi) is 8.24. The van der Waals surface area contributed by atoms with Gasteiger partial charge in [-0.15, -0.1) is 0 Å². The molecule has 1 aromatic rings. The van der Waals surface area contributed by atoms with Gasteiger partial charge >= 0.3 is 0 Å². The number of hydrogen-bond donors (Lipinski definition) is 1. The first kappa shape index (κ1) is 16.6. The van der Waals surface area contributed by atoms with Crippen LogP contribution in [0.5, 0.6) is 0 Å². The molecule has 0 atom stereocenters. The molecule has 0 aliphatic rings. The van der Waals surface area contributed by atoms with E-state index in [1.807, 2.05) is 0 Å². The first-order chi connectivity index (χ1) is 9.15. The van der Waals surface area contributed by atoms with E-state index in [4.69, 9.17) is 23.2 Å². The Balaban J connectivity index is 2.19. The molecule has 0 radical (unpaired) electrons. The van der Waals surface area contributed by atoms with Gasteiger partial charge < -0.3 is 5.32 Å². The van der Waals surface area contributed by atoms with Crippen LogP contribution in [-0.4, -0.2) is 6.54 Å². The summed E-state index contributed by atoms with van der Waals surface area (Å²) in [4.78, 5) is 0. The first-order valence-electron chi connectivity index (χ1n) is 7.03. The number of rotatable bonds is 9. The SMILES string of the molecule is CCCCCCCCCNc1c(Cl)cc(F)cc1Cl. The van der Waals surface area contributed by atoms with Crippen molar-refractivity contribution in [3.63, 3.8) is 0 Å². The van der Waals surface area contributed by atoms with E-state index in [9.17, 15) is 4.39 Å². The fourth-order valence-corrected chi connectivity index (χ4v) is 2.60. The summed E-state index contributed by atoms with van der Waals surface area (Å²) in [6.07, 6.45) is 8.81. The van der Waals surface area contributed by atoms with Crippen LogP contribution in [0, 0.1) is 5.82 Å². The number of hydrogen-bond acceptors (Lipinski definition) is 1. The van der Waals surface area contributed by atoms with Crippen LogP contribution in [0.3, 0.4) is 0 Å². The van der Waals surface area contributed by atoms with Gasteiger partial charge in [0.25, 0.3) is 0 Å². The Morgan fingerprint density at radius 1 is 0.947 bits per heavy atom. The first-order valence-corrected chi connectivity index (χ1v) is 7.79. The van der Waals surface area contributed by atoms with Crippen LogP contribution in [0.15, 0.2) is 12.1 Å². The normalized spacial score (nSPS) is 10.7. The average molecular weight is 306 g/mol. The van der Waals surface area contributed by atoms with Crippen molar-refractivity contribution in [2.45, 2.75) is 51.9 Å². The van der Waals surface area contributed by atoms with Gasteiger partial charge in [-0.1, -0.05) is 68.7 Å². The summed E-state index contributed by atoms with van der Waals surface area (Å²) in [6.45, 7) is 3.04. The second-order valence-corrected chi connectivity index (χ2v) is 5.61. The largest absolute Gasteiger partial charge is 0.383 e. The monoisotopic (exact) mass is 305 g/mol. The summed E-state index contributed by atoms with van der Waals surface area (Å²) >= 11 is 11.9. The average Bonchev–Trinajstić information content (AvgIpc) is 2.35. The maximum absolute atomic E-state index is 13.0. The van der Waals surface area contributed by atoms with E-state index in [1.165, 1.54) is 50.7 Å². The summed E-state index contributed by atoms with van der Waals surface area (Å²) < 4.78 is 13.0. The molecule has 108 valence electrons. The van der Waals surface area contributed by atoms with Crippen LogP contribution in [0.1, 0.15) is 51.9 Å². The molecule has 1 aromatic carbocycles. The minimum atomic E-state index is -0.406. The highest BCUT2D eigenvalue weighted by atomic mass is 35.5. The molecule has 1 rings (SSSR count). The molecule has 0 fully saturated rings. The predicted molar refractivity (Wildman–Crippen MR) is 82.9 cm³/mol. The lowest BCUT2D eigenvalue weighted by Crippen LogP contribution is -2.03. The van der Waals surface area contributed by atoms with E-state index >= 15 is 0 Å². The standard InChI is InChI=1S/C15H22Cl2FN/c1-2-3-4-5-6-7-8-9-19-15-13(16)10-12(18)11-14(15)17/h10-11,19H,2-9H2,1H3. The fourth-order valence-electron chi connectivity index (χ4n) is 2.01. The number of unbranched alkanes of at least 4 members (excludes halogenated alkanes) is 6. The van der Waals surface area contributed by atoms with Gasteiger partial charge in [-0.3, -0.25) is 0 Å². The molecule has 0 saturated heterocycles. The highest BCUT2D eigenvalue weighted by Crippen LogP contribution is 2.31. The Morgan fingerprint density at radius 3 is 2.05 bits per heavy atom. The van der Waals surface area contributed by atoms with Crippen molar-refractivity contribution in [2.75, 3.05) is 11.9 Å². The van der Waals surface area contributed by atoms with E-state index in [0.717, 1.165) is 13.0 Å². The van der Waals surface area contributed by atoms with Gasteiger partial charge in [0.2, 0.25) is 0 Å². The molecule has 0 bridgehead atoms. The molecular formula is C15H22Cl2FN. The molecule has 0 aliphatic carbocycles. The Morgan fingerprint density at radius 2 is 1.47 bits per heavy atom. The molecule has 0 spiro atoms. The number of nitrogens with one attached hydrogen (secondary N) is 1. The summed E-state index contributed by atoms with van der Waals surface area (Å²) in [5, 5.41) is 3.86. The summed E-state index contributed by atoms with van der Waals surface area (Å²) in [5.74, 6) is -0.406.